The molecule has 2 N–H and O–H groups in total. The van der Waals surface area contributed by atoms with Gasteiger partial charge in [-0.25, -0.2) is 8.42 Å². The lowest BCUT2D eigenvalue weighted by molar-refractivity contribution is -0.385. The van der Waals surface area contributed by atoms with Gasteiger partial charge in [0.2, 0.25) is 0 Å². The number of anilines is 1. The Balaban J connectivity index is 1.67. The van der Waals surface area contributed by atoms with Gasteiger partial charge in [-0.3, -0.25) is 19.7 Å². The van der Waals surface area contributed by atoms with Gasteiger partial charge in [-0.05, 0) is 35.9 Å². The second-order valence-corrected chi connectivity index (χ2v) is 8.57. The molecule has 0 saturated heterocycles. The van der Waals surface area contributed by atoms with Crippen LogP contribution >= 0.6 is 0 Å². The average molecular weight is 443 g/mol. The van der Waals surface area contributed by atoms with Crippen molar-refractivity contribution in [3.8, 4) is 0 Å². The first kappa shape index (κ1) is 21.7. The van der Waals surface area contributed by atoms with Crippen molar-refractivity contribution in [1.29, 1.82) is 0 Å². The maximum absolute atomic E-state index is 12.4. The molecule has 2 amide bonds. The van der Waals surface area contributed by atoms with Crippen LogP contribution in [0.3, 0.4) is 0 Å². The molecule has 160 valence electrons. The van der Waals surface area contributed by atoms with Crippen molar-refractivity contribution in [2.45, 2.75) is 11.4 Å². The van der Waals surface area contributed by atoms with Crippen LogP contribution in [0.4, 0.5) is 11.4 Å². The lowest BCUT2D eigenvalue weighted by atomic mass is 10.1. The van der Waals surface area contributed by atoms with Crippen LogP contribution in [0.5, 0.6) is 0 Å². The maximum atomic E-state index is 12.4. The predicted molar refractivity (Wildman–Crippen MR) is 110 cm³/mol. The van der Waals surface area contributed by atoms with E-state index in [1.807, 2.05) is 0 Å². The van der Waals surface area contributed by atoms with Crippen LogP contribution in [0.25, 0.3) is 0 Å². The van der Waals surface area contributed by atoms with E-state index >= 15 is 0 Å². The fraction of sp³-hybridized carbons (Fsp3) is 0.100. The number of nitro benzene ring substituents is 1. The Labute approximate surface area is 177 Å². The van der Waals surface area contributed by atoms with Gasteiger partial charge in [0.15, 0.2) is 15.6 Å². The first-order chi connectivity index (χ1) is 14.6. The standard InChI is InChI=1S/C20H17N3O7S/c1-31(28,29)17-10-14(9-16(11-17)23(26)27)19(24)21-12-13-4-6-15(7-5-13)22-20(25)18-3-2-8-30-18/h2-11H,12H2,1H3,(H,21,24)(H,22,25). The van der Waals surface area contributed by atoms with E-state index in [9.17, 15) is 28.1 Å². The zero-order valence-electron chi connectivity index (χ0n) is 16.2. The number of carbonyl (C=O) groups is 2. The summed E-state index contributed by atoms with van der Waals surface area (Å²) in [4.78, 5) is 34.4. The summed E-state index contributed by atoms with van der Waals surface area (Å²) in [5.41, 5.74) is 0.577. The fourth-order valence-corrected chi connectivity index (χ4v) is 3.30. The van der Waals surface area contributed by atoms with Crippen LogP contribution in [-0.4, -0.2) is 31.4 Å². The topological polar surface area (TPSA) is 149 Å². The normalized spacial score (nSPS) is 11.0. The number of hydrogen-bond donors (Lipinski definition) is 2. The van der Waals surface area contributed by atoms with E-state index in [1.54, 1.807) is 30.3 Å². The summed E-state index contributed by atoms with van der Waals surface area (Å²) in [5, 5.41) is 16.3. The number of nitrogens with one attached hydrogen (secondary N) is 2. The maximum Gasteiger partial charge on any atom is 0.291 e. The van der Waals surface area contributed by atoms with Gasteiger partial charge in [0, 0.05) is 36.2 Å². The smallest absolute Gasteiger partial charge is 0.291 e. The van der Waals surface area contributed by atoms with Crippen molar-refractivity contribution >= 4 is 33.0 Å². The van der Waals surface area contributed by atoms with E-state index in [-0.39, 0.29) is 22.8 Å². The van der Waals surface area contributed by atoms with Gasteiger partial charge in [0.1, 0.15) is 0 Å². The molecular formula is C20H17N3O7S. The molecule has 0 aliphatic heterocycles. The molecule has 1 heterocycles. The molecule has 11 heteroatoms. The second kappa shape index (κ2) is 8.79. The number of sulfone groups is 1. The number of nitro groups is 1. The molecule has 3 aromatic rings. The van der Waals surface area contributed by atoms with Crippen LogP contribution in [0.1, 0.15) is 26.5 Å². The highest BCUT2D eigenvalue weighted by Gasteiger charge is 2.19. The van der Waals surface area contributed by atoms with Gasteiger partial charge < -0.3 is 15.1 Å². The van der Waals surface area contributed by atoms with Crippen molar-refractivity contribution in [2.75, 3.05) is 11.6 Å². The molecule has 0 spiro atoms. The van der Waals surface area contributed by atoms with E-state index in [4.69, 9.17) is 4.42 Å². The SMILES string of the molecule is CS(=O)(=O)c1cc(C(=O)NCc2ccc(NC(=O)c3ccco3)cc2)cc([N+](=O)[O-])c1. The molecule has 0 aliphatic carbocycles. The van der Waals surface area contributed by atoms with Crippen LogP contribution in [0.15, 0.2) is 70.2 Å². The summed E-state index contributed by atoms with van der Waals surface area (Å²) in [6, 6.07) is 12.8. The van der Waals surface area contributed by atoms with Gasteiger partial charge in [-0.15, -0.1) is 0 Å². The summed E-state index contributed by atoms with van der Waals surface area (Å²) in [5.74, 6) is -0.899. The summed E-state index contributed by atoms with van der Waals surface area (Å²) in [6.45, 7) is 0.0855. The summed E-state index contributed by atoms with van der Waals surface area (Å²) >= 11 is 0. The average Bonchev–Trinajstić information content (AvgIpc) is 3.27. The minimum Gasteiger partial charge on any atom is -0.459 e. The van der Waals surface area contributed by atoms with Gasteiger partial charge in [0.25, 0.3) is 17.5 Å². The van der Waals surface area contributed by atoms with E-state index in [1.165, 1.54) is 12.3 Å². The van der Waals surface area contributed by atoms with Crippen LogP contribution < -0.4 is 10.6 Å². The van der Waals surface area contributed by atoms with E-state index in [0.717, 1.165) is 24.5 Å². The zero-order valence-corrected chi connectivity index (χ0v) is 17.0. The Hall–Kier alpha value is -3.99. The van der Waals surface area contributed by atoms with Crippen LogP contribution in [-0.2, 0) is 16.4 Å². The molecule has 0 radical (unpaired) electrons. The molecule has 2 aromatic carbocycles. The number of nitrogens with zero attached hydrogens (tertiary/aromatic N) is 1. The van der Waals surface area contributed by atoms with E-state index in [2.05, 4.69) is 10.6 Å². The highest BCUT2D eigenvalue weighted by atomic mass is 32.2. The number of furan rings is 1. The van der Waals surface area contributed by atoms with Crippen molar-refractivity contribution in [2.24, 2.45) is 0 Å². The minimum absolute atomic E-state index is 0.0855. The number of carbonyl (C=O) groups excluding carboxylic acids is 2. The third-order valence-corrected chi connectivity index (χ3v) is 5.29. The monoisotopic (exact) mass is 443 g/mol. The Morgan fingerprint density at radius 3 is 2.35 bits per heavy atom. The molecule has 0 unspecified atom stereocenters. The predicted octanol–water partition coefficient (Wildman–Crippen LogP) is 2.77. The summed E-state index contributed by atoms with van der Waals surface area (Å²) in [6.07, 6.45) is 2.29. The Kier molecular flexibility index (Phi) is 6.16. The molecule has 1 aromatic heterocycles. The van der Waals surface area contributed by atoms with Crippen molar-refractivity contribution < 1.29 is 27.3 Å². The fourth-order valence-electron chi connectivity index (χ4n) is 2.62. The quantitative estimate of drug-likeness (QED) is 0.421. The van der Waals surface area contributed by atoms with E-state index in [0.29, 0.717) is 11.3 Å². The third-order valence-electron chi connectivity index (χ3n) is 4.20. The second-order valence-electron chi connectivity index (χ2n) is 6.56. The van der Waals surface area contributed by atoms with Gasteiger partial charge in [-0.1, -0.05) is 12.1 Å². The molecule has 0 atom stereocenters. The lowest BCUT2D eigenvalue weighted by Gasteiger charge is -2.08. The lowest BCUT2D eigenvalue weighted by Crippen LogP contribution is -2.23. The first-order valence-corrected chi connectivity index (χ1v) is 10.7. The zero-order chi connectivity index (χ0) is 22.6. The molecule has 3 rings (SSSR count). The van der Waals surface area contributed by atoms with E-state index < -0.39 is 32.3 Å². The largest absolute Gasteiger partial charge is 0.459 e. The highest BCUT2D eigenvalue weighted by molar-refractivity contribution is 7.90. The molecule has 0 bridgehead atoms. The number of benzene rings is 2. The number of hydrogen-bond acceptors (Lipinski definition) is 7. The van der Waals surface area contributed by atoms with Crippen LogP contribution in [0.2, 0.25) is 0 Å². The molecular weight excluding hydrogens is 426 g/mol. The summed E-state index contributed by atoms with van der Waals surface area (Å²) in [7, 11) is -3.74. The number of non-ortho nitro benzene ring substituents is 1. The number of amides is 2. The molecule has 0 aliphatic rings. The summed E-state index contributed by atoms with van der Waals surface area (Å²) < 4.78 is 28.5. The first-order valence-electron chi connectivity index (χ1n) is 8.85. The van der Waals surface area contributed by atoms with Gasteiger partial charge >= 0.3 is 0 Å². The Bertz CT molecular complexity index is 1230. The molecule has 31 heavy (non-hydrogen) atoms. The van der Waals surface area contributed by atoms with Crippen LogP contribution in [0, 0.1) is 10.1 Å². The molecule has 10 nitrogen and oxygen atoms in total. The molecule has 0 saturated carbocycles. The minimum atomic E-state index is -3.74. The van der Waals surface area contributed by atoms with Gasteiger partial charge in [0.05, 0.1) is 16.1 Å². The van der Waals surface area contributed by atoms with Crippen molar-refractivity contribution in [1.82, 2.24) is 5.32 Å². The molecule has 0 fully saturated rings. The van der Waals surface area contributed by atoms with Crippen molar-refractivity contribution in [3.63, 3.8) is 0 Å². The number of rotatable bonds is 7. The van der Waals surface area contributed by atoms with Gasteiger partial charge in [-0.2, -0.15) is 0 Å². The Morgan fingerprint density at radius 1 is 1.06 bits per heavy atom. The third kappa shape index (κ3) is 5.54. The van der Waals surface area contributed by atoms with Crippen molar-refractivity contribution in [3.05, 3.63) is 87.9 Å². The highest BCUT2D eigenvalue weighted by Crippen LogP contribution is 2.21. The Morgan fingerprint density at radius 2 is 1.77 bits per heavy atom.